The SMILES string of the molecule is COC12CNCC1CN(C(=O)OCc1ccc(OC(F)(F)F)cc1)C2.O=C(N=S(=O)=O)c1ccccc1. The Balaban J connectivity index is 0.000000266. The number of hydrogen-bond acceptors (Lipinski definition) is 8. The summed E-state index contributed by atoms with van der Waals surface area (Å²) in [4.78, 5) is 24.7. The number of fused-ring (bicyclic) bond motifs is 1. The number of alkyl halides is 3. The van der Waals surface area contributed by atoms with Crippen LogP contribution in [0.4, 0.5) is 18.0 Å². The van der Waals surface area contributed by atoms with Crippen LogP contribution in [0.5, 0.6) is 5.75 Å². The highest BCUT2D eigenvalue weighted by molar-refractivity contribution is 7.62. The fraction of sp³-hybridized carbons (Fsp3) is 0.391. The van der Waals surface area contributed by atoms with Crippen LogP contribution in [0.2, 0.25) is 0 Å². The highest BCUT2D eigenvalue weighted by Crippen LogP contribution is 2.34. The summed E-state index contributed by atoms with van der Waals surface area (Å²) in [5, 5.41) is 3.26. The highest BCUT2D eigenvalue weighted by atomic mass is 32.2. The zero-order valence-electron chi connectivity index (χ0n) is 19.6. The Morgan fingerprint density at radius 3 is 2.38 bits per heavy atom. The van der Waals surface area contributed by atoms with Crippen molar-refractivity contribution in [3.05, 3.63) is 65.7 Å². The van der Waals surface area contributed by atoms with Crippen molar-refractivity contribution in [3.63, 3.8) is 0 Å². The molecule has 0 spiro atoms. The normalized spacial score (nSPS) is 20.3. The summed E-state index contributed by atoms with van der Waals surface area (Å²) in [6, 6.07) is 13.2. The largest absolute Gasteiger partial charge is 0.573 e. The lowest BCUT2D eigenvalue weighted by Gasteiger charge is -2.25. The summed E-state index contributed by atoms with van der Waals surface area (Å²) in [5.74, 6) is -0.836. The van der Waals surface area contributed by atoms with Gasteiger partial charge in [-0.3, -0.25) is 4.79 Å². The Morgan fingerprint density at radius 2 is 1.81 bits per heavy atom. The van der Waals surface area contributed by atoms with E-state index in [1.807, 2.05) is 0 Å². The summed E-state index contributed by atoms with van der Waals surface area (Å²) < 4.78 is 73.8. The molecule has 4 rings (SSSR count). The van der Waals surface area contributed by atoms with E-state index in [2.05, 4.69) is 14.4 Å². The monoisotopic (exact) mass is 543 g/mol. The fourth-order valence-electron chi connectivity index (χ4n) is 4.03. The van der Waals surface area contributed by atoms with Crippen LogP contribution < -0.4 is 10.1 Å². The van der Waals surface area contributed by atoms with Crippen LogP contribution in [-0.2, 0) is 26.6 Å². The molecule has 10 nitrogen and oxygen atoms in total. The van der Waals surface area contributed by atoms with Crippen molar-refractivity contribution in [2.45, 2.75) is 18.6 Å². The topological polar surface area (TPSA) is 124 Å². The van der Waals surface area contributed by atoms with E-state index in [1.54, 1.807) is 30.2 Å². The van der Waals surface area contributed by atoms with Gasteiger partial charge in [0, 0.05) is 38.2 Å². The molecule has 2 amide bonds. The first-order chi connectivity index (χ1) is 17.5. The molecule has 0 radical (unpaired) electrons. The Hall–Kier alpha value is -3.49. The molecule has 2 aliphatic rings. The van der Waals surface area contributed by atoms with Crippen LogP contribution in [0, 0.1) is 5.92 Å². The molecular weight excluding hydrogens is 519 g/mol. The first-order valence-electron chi connectivity index (χ1n) is 10.9. The van der Waals surface area contributed by atoms with Crippen molar-refractivity contribution < 1.29 is 45.4 Å². The van der Waals surface area contributed by atoms with E-state index >= 15 is 0 Å². The van der Waals surface area contributed by atoms with Gasteiger partial charge in [-0.1, -0.05) is 34.7 Å². The molecule has 200 valence electrons. The van der Waals surface area contributed by atoms with Crippen LogP contribution in [0.15, 0.2) is 59.0 Å². The lowest BCUT2D eigenvalue weighted by atomic mass is 9.95. The smallest absolute Gasteiger partial charge is 0.445 e. The molecular formula is C23H24F3N3O7S. The van der Waals surface area contributed by atoms with Gasteiger partial charge in [-0.05, 0) is 29.8 Å². The van der Waals surface area contributed by atoms with Crippen LogP contribution in [0.25, 0.3) is 0 Å². The number of likely N-dealkylation sites (tertiary alicyclic amines) is 1. The lowest BCUT2D eigenvalue weighted by Crippen LogP contribution is -2.42. The number of ether oxygens (including phenoxy) is 3. The first kappa shape index (κ1) is 28.1. The van der Waals surface area contributed by atoms with E-state index in [-0.39, 0.29) is 29.4 Å². The number of nitrogens with zero attached hydrogens (tertiary/aromatic N) is 2. The molecule has 2 aromatic rings. The minimum atomic E-state index is -4.73. The zero-order valence-corrected chi connectivity index (χ0v) is 20.4. The fourth-order valence-corrected chi connectivity index (χ4v) is 4.27. The predicted molar refractivity (Wildman–Crippen MR) is 123 cm³/mol. The van der Waals surface area contributed by atoms with Gasteiger partial charge in [0.2, 0.25) is 0 Å². The molecule has 37 heavy (non-hydrogen) atoms. The predicted octanol–water partition coefficient (Wildman–Crippen LogP) is 3.03. The minimum Gasteiger partial charge on any atom is -0.445 e. The van der Waals surface area contributed by atoms with E-state index in [9.17, 15) is 31.2 Å². The second kappa shape index (κ2) is 12.2. The van der Waals surface area contributed by atoms with Crippen molar-refractivity contribution >= 4 is 22.5 Å². The molecule has 2 saturated heterocycles. The second-order valence-corrected chi connectivity index (χ2v) is 8.82. The molecule has 0 saturated carbocycles. The van der Waals surface area contributed by atoms with E-state index in [0.717, 1.165) is 6.54 Å². The number of hydrogen-bond donors (Lipinski definition) is 1. The van der Waals surface area contributed by atoms with E-state index in [1.165, 1.54) is 36.4 Å². The van der Waals surface area contributed by atoms with Gasteiger partial charge < -0.3 is 24.4 Å². The van der Waals surface area contributed by atoms with E-state index < -0.39 is 28.9 Å². The zero-order chi connectivity index (χ0) is 27.1. The Bertz CT molecular complexity index is 1220. The molecule has 2 heterocycles. The average molecular weight is 544 g/mol. The maximum Gasteiger partial charge on any atom is 0.573 e. The number of nitrogens with one attached hydrogen (secondary N) is 1. The third kappa shape index (κ3) is 8.00. The maximum absolute atomic E-state index is 12.2. The van der Waals surface area contributed by atoms with Crippen molar-refractivity contribution in [1.82, 2.24) is 10.2 Å². The van der Waals surface area contributed by atoms with Gasteiger partial charge in [-0.25, -0.2) is 4.79 Å². The summed E-state index contributed by atoms with van der Waals surface area (Å²) in [7, 11) is -1.03. The van der Waals surface area contributed by atoms with Gasteiger partial charge in [-0.2, -0.15) is 8.42 Å². The first-order valence-corrected chi connectivity index (χ1v) is 12.0. The number of carbonyl (C=O) groups excluding carboxylic acids is 2. The van der Waals surface area contributed by atoms with Crippen molar-refractivity contribution in [1.29, 1.82) is 0 Å². The molecule has 0 aliphatic carbocycles. The highest BCUT2D eigenvalue weighted by Gasteiger charge is 2.51. The third-order valence-electron chi connectivity index (χ3n) is 5.82. The molecule has 2 aromatic carbocycles. The van der Waals surface area contributed by atoms with Gasteiger partial charge in [-0.15, -0.1) is 13.2 Å². The van der Waals surface area contributed by atoms with Gasteiger partial charge in [0.1, 0.15) is 18.0 Å². The maximum atomic E-state index is 12.2. The summed E-state index contributed by atoms with van der Waals surface area (Å²) in [5.41, 5.74) is 0.474. The van der Waals surface area contributed by atoms with Crippen molar-refractivity contribution in [2.24, 2.45) is 10.3 Å². The molecule has 2 unspecified atom stereocenters. The number of rotatable bonds is 5. The number of carbonyl (C=O) groups is 2. The van der Waals surface area contributed by atoms with Gasteiger partial charge >= 0.3 is 23.0 Å². The molecule has 2 aliphatic heterocycles. The number of benzene rings is 2. The number of halogens is 3. The molecule has 14 heteroatoms. The van der Waals surface area contributed by atoms with E-state index in [0.29, 0.717) is 25.2 Å². The van der Waals surface area contributed by atoms with Crippen LogP contribution in [0.1, 0.15) is 15.9 Å². The minimum absolute atomic E-state index is 0.0233. The molecule has 1 N–H and O–H groups in total. The number of amides is 2. The molecule has 2 fully saturated rings. The standard InChI is InChI=1S/C16H19F3N2O4.C7H5NO3S/c1-23-15-9-20-6-12(15)7-21(10-15)14(22)24-8-11-2-4-13(5-3-11)25-16(17,18)19;9-7(8-12(10)11)6-4-2-1-3-5-6/h2-5,12,20H,6-10H2,1H3;1-5H. The molecule has 0 aromatic heterocycles. The van der Waals surface area contributed by atoms with Crippen molar-refractivity contribution in [3.8, 4) is 5.75 Å². The third-order valence-corrected chi connectivity index (χ3v) is 6.14. The lowest BCUT2D eigenvalue weighted by molar-refractivity contribution is -0.274. The molecule has 0 bridgehead atoms. The summed E-state index contributed by atoms with van der Waals surface area (Å²) in [6.45, 7) is 2.47. The van der Waals surface area contributed by atoms with Gasteiger partial charge in [0.25, 0.3) is 5.91 Å². The Morgan fingerprint density at radius 1 is 1.14 bits per heavy atom. The summed E-state index contributed by atoms with van der Waals surface area (Å²) >= 11 is 0. The van der Waals surface area contributed by atoms with Gasteiger partial charge in [0.15, 0.2) is 0 Å². The van der Waals surface area contributed by atoms with Crippen molar-refractivity contribution in [2.75, 3.05) is 33.3 Å². The molecule has 2 atom stereocenters. The summed E-state index contributed by atoms with van der Waals surface area (Å²) in [6.07, 6.45) is -5.19. The van der Waals surface area contributed by atoms with Gasteiger partial charge in [0.05, 0.1) is 6.54 Å². The second-order valence-electron chi connectivity index (χ2n) is 8.20. The average Bonchev–Trinajstić information content (AvgIpc) is 3.41. The van der Waals surface area contributed by atoms with Crippen LogP contribution >= 0.6 is 0 Å². The Labute approximate surface area is 212 Å². The number of methoxy groups -OCH3 is 1. The van der Waals surface area contributed by atoms with Crippen LogP contribution in [0.3, 0.4) is 0 Å². The Kier molecular flexibility index (Phi) is 9.23. The quantitative estimate of drug-likeness (QED) is 0.611. The van der Waals surface area contributed by atoms with E-state index in [4.69, 9.17) is 9.47 Å². The van der Waals surface area contributed by atoms with Crippen LogP contribution in [-0.4, -0.2) is 70.6 Å².